The van der Waals surface area contributed by atoms with Crippen molar-refractivity contribution < 1.29 is 4.39 Å². The molecule has 3 aliphatic rings. The van der Waals surface area contributed by atoms with Gasteiger partial charge in [0.15, 0.2) is 0 Å². The van der Waals surface area contributed by atoms with Crippen molar-refractivity contribution in [3.8, 4) is 11.4 Å². The Bertz CT molecular complexity index is 1670. The van der Waals surface area contributed by atoms with Gasteiger partial charge < -0.3 is 25.5 Å². The van der Waals surface area contributed by atoms with Crippen LogP contribution in [0.5, 0.6) is 0 Å². The van der Waals surface area contributed by atoms with Crippen LogP contribution in [0.15, 0.2) is 65.6 Å². The van der Waals surface area contributed by atoms with E-state index in [2.05, 4.69) is 30.5 Å². The van der Waals surface area contributed by atoms with Crippen LogP contribution >= 0.6 is 0 Å². The maximum atomic E-state index is 15.5. The van der Waals surface area contributed by atoms with Crippen molar-refractivity contribution in [2.45, 2.75) is 25.3 Å². The van der Waals surface area contributed by atoms with Crippen LogP contribution < -0.4 is 16.2 Å². The summed E-state index contributed by atoms with van der Waals surface area (Å²) in [6.45, 7) is 3.65. The first-order chi connectivity index (χ1) is 19.1. The highest BCUT2D eigenvalue weighted by Crippen LogP contribution is 2.37. The fraction of sp³-hybridized carbons (Fsp3) is 0.300. The fourth-order valence-electron chi connectivity index (χ4n) is 6.08. The molecule has 4 N–H and O–H groups in total. The summed E-state index contributed by atoms with van der Waals surface area (Å²) < 4.78 is 15.5. The van der Waals surface area contributed by atoms with Crippen LogP contribution in [0.2, 0.25) is 0 Å². The first-order valence-electron chi connectivity index (χ1n) is 13.6. The number of pyridine rings is 2. The molecule has 9 heteroatoms. The van der Waals surface area contributed by atoms with Gasteiger partial charge in [0.25, 0.3) is 5.56 Å². The van der Waals surface area contributed by atoms with Gasteiger partial charge in [-0.2, -0.15) is 0 Å². The molecule has 3 aromatic heterocycles. The van der Waals surface area contributed by atoms with Gasteiger partial charge in [0.2, 0.25) is 0 Å². The number of hydrogen-bond acceptors (Lipinski definition) is 6. The standard InChI is InChI=1S/C30H30FN7O/c31-21-15-20-24(16-25(21)33-12-8-19-5-3-4-11-32-19)37-30(39)27(29-35-22-6-1-2-7-23(22)36-29)28(20)34-26-17-38-13-9-18(26)10-14-38/h1-7,11,15-16,18,26,33H,8-10,12-14,17H2,(H,35,36)(H2,34,37,39)/t26-/m1/s1. The highest BCUT2D eigenvalue weighted by atomic mass is 19.1. The topological polar surface area (TPSA) is 102 Å². The van der Waals surface area contributed by atoms with Crippen molar-refractivity contribution in [3.05, 3.63) is 82.7 Å². The van der Waals surface area contributed by atoms with Crippen molar-refractivity contribution in [2.24, 2.45) is 5.92 Å². The molecular weight excluding hydrogens is 493 g/mol. The van der Waals surface area contributed by atoms with Crippen molar-refractivity contribution >= 4 is 33.3 Å². The Morgan fingerprint density at radius 2 is 1.87 bits per heavy atom. The van der Waals surface area contributed by atoms with E-state index >= 15 is 4.39 Å². The molecule has 8 rings (SSSR count). The number of aromatic amines is 2. The third kappa shape index (κ3) is 4.52. The molecule has 3 fully saturated rings. The molecule has 0 saturated carbocycles. The van der Waals surface area contributed by atoms with Crippen LogP contribution in [0, 0.1) is 11.7 Å². The van der Waals surface area contributed by atoms with Crippen LogP contribution in [0.4, 0.5) is 15.8 Å². The summed E-state index contributed by atoms with van der Waals surface area (Å²) in [5, 5.41) is 7.51. The highest BCUT2D eigenvalue weighted by Gasteiger charge is 2.35. The molecule has 198 valence electrons. The zero-order chi connectivity index (χ0) is 26.3. The summed E-state index contributed by atoms with van der Waals surface area (Å²) in [7, 11) is 0. The lowest BCUT2D eigenvalue weighted by molar-refractivity contribution is 0.0976. The molecule has 0 aliphatic carbocycles. The second-order valence-corrected chi connectivity index (χ2v) is 10.6. The minimum Gasteiger partial charge on any atom is -0.382 e. The van der Waals surface area contributed by atoms with Gasteiger partial charge in [0, 0.05) is 42.8 Å². The first kappa shape index (κ1) is 23.8. The first-order valence-corrected chi connectivity index (χ1v) is 13.6. The quantitative estimate of drug-likeness (QED) is 0.245. The van der Waals surface area contributed by atoms with Gasteiger partial charge in [-0.3, -0.25) is 9.78 Å². The number of benzene rings is 2. The molecule has 8 nitrogen and oxygen atoms in total. The Morgan fingerprint density at radius 1 is 1.03 bits per heavy atom. The lowest BCUT2D eigenvalue weighted by atomic mass is 9.83. The molecule has 1 atom stereocenters. The maximum absolute atomic E-state index is 15.5. The van der Waals surface area contributed by atoms with Crippen molar-refractivity contribution in [3.63, 3.8) is 0 Å². The highest BCUT2D eigenvalue weighted by molar-refractivity contribution is 6.00. The van der Waals surface area contributed by atoms with Crippen LogP contribution in [0.1, 0.15) is 18.5 Å². The Kier molecular flexibility index (Phi) is 6.00. The third-order valence-corrected chi connectivity index (χ3v) is 8.14. The molecule has 3 aliphatic heterocycles. The zero-order valence-corrected chi connectivity index (χ0v) is 21.5. The summed E-state index contributed by atoms with van der Waals surface area (Å²) in [6, 6.07) is 16.8. The summed E-state index contributed by atoms with van der Waals surface area (Å²) in [5.41, 5.74) is 4.25. The molecular formula is C30H30FN7O. The molecule has 6 heterocycles. The average Bonchev–Trinajstić information content (AvgIpc) is 3.39. The van der Waals surface area contributed by atoms with E-state index in [9.17, 15) is 4.79 Å². The Morgan fingerprint density at radius 3 is 2.64 bits per heavy atom. The lowest BCUT2D eigenvalue weighted by Crippen LogP contribution is -2.53. The minimum absolute atomic E-state index is 0.180. The molecule has 0 spiro atoms. The number of hydrogen-bond donors (Lipinski definition) is 4. The van der Waals surface area contributed by atoms with Crippen molar-refractivity contribution in [1.29, 1.82) is 0 Å². The van der Waals surface area contributed by atoms with E-state index in [1.165, 1.54) is 6.07 Å². The van der Waals surface area contributed by atoms with Gasteiger partial charge in [0.1, 0.15) is 17.2 Å². The number of fused-ring (bicyclic) bond motifs is 5. The van der Waals surface area contributed by atoms with Gasteiger partial charge in [-0.1, -0.05) is 18.2 Å². The van der Waals surface area contributed by atoms with Crippen LogP contribution in [-0.2, 0) is 6.42 Å². The molecule has 0 amide bonds. The van der Waals surface area contributed by atoms with Gasteiger partial charge in [-0.25, -0.2) is 9.37 Å². The monoisotopic (exact) mass is 523 g/mol. The van der Waals surface area contributed by atoms with E-state index in [-0.39, 0.29) is 17.4 Å². The van der Waals surface area contributed by atoms with Crippen LogP contribution in [-0.4, -0.2) is 57.1 Å². The number of H-pyrrole nitrogens is 2. The van der Waals surface area contributed by atoms with Gasteiger partial charge in [-0.15, -0.1) is 0 Å². The fourth-order valence-corrected chi connectivity index (χ4v) is 6.08. The van der Waals surface area contributed by atoms with Gasteiger partial charge in [0.05, 0.1) is 27.9 Å². The number of anilines is 2. The van der Waals surface area contributed by atoms with Crippen molar-refractivity contribution in [2.75, 3.05) is 36.8 Å². The summed E-state index contributed by atoms with van der Waals surface area (Å²) in [5.74, 6) is 0.620. The predicted molar refractivity (Wildman–Crippen MR) is 153 cm³/mol. The molecule has 39 heavy (non-hydrogen) atoms. The third-order valence-electron chi connectivity index (χ3n) is 8.14. The molecule has 3 saturated heterocycles. The number of nitrogens with one attached hydrogen (secondary N) is 4. The Hall–Kier alpha value is -4.24. The SMILES string of the molecule is O=c1[nH]c2cc(NCCc3ccccn3)c(F)cc2c(N[C@@H]2CN3CCC2CC3)c1-c1nc2ccccc2[nH]1. The van der Waals surface area contributed by atoms with E-state index in [1.54, 1.807) is 12.3 Å². The summed E-state index contributed by atoms with van der Waals surface area (Å²) >= 11 is 0. The minimum atomic E-state index is -0.372. The Balaban J connectivity index is 1.30. The van der Waals surface area contributed by atoms with Crippen molar-refractivity contribution in [1.82, 2.24) is 24.8 Å². The van der Waals surface area contributed by atoms with Gasteiger partial charge in [-0.05, 0) is 68.2 Å². The van der Waals surface area contributed by atoms with E-state index in [4.69, 9.17) is 4.98 Å². The maximum Gasteiger partial charge on any atom is 0.261 e. The van der Waals surface area contributed by atoms with E-state index in [0.29, 0.717) is 52.5 Å². The number of piperidine rings is 3. The van der Waals surface area contributed by atoms with Crippen LogP contribution in [0.3, 0.4) is 0 Å². The number of imidazole rings is 1. The number of halogens is 1. The number of aromatic nitrogens is 4. The van der Waals surface area contributed by atoms with E-state index in [1.807, 2.05) is 42.5 Å². The normalized spacial score (nSPS) is 20.5. The van der Waals surface area contributed by atoms with Gasteiger partial charge >= 0.3 is 0 Å². The number of nitrogens with zero attached hydrogens (tertiary/aromatic N) is 3. The summed E-state index contributed by atoms with van der Waals surface area (Å²) in [4.78, 5) is 31.5. The molecule has 2 bridgehead atoms. The molecule has 2 aromatic carbocycles. The summed E-state index contributed by atoms with van der Waals surface area (Å²) in [6.07, 6.45) is 4.65. The largest absolute Gasteiger partial charge is 0.382 e. The second kappa shape index (κ2) is 9.81. The zero-order valence-electron chi connectivity index (χ0n) is 21.5. The molecule has 0 unspecified atom stereocenters. The average molecular weight is 524 g/mol. The number of para-hydroxylation sites is 2. The number of rotatable bonds is 7. The van der Waals surface area contributed by atoms with E-state index in [0.717, 1.165) is 49.2 Å². The molecule has 0 radical (unpaired) electrons. The lowest BCUT2D eigenvalue weighted by Gasteiger charge is -2.45. The smallest absolute Gasteiger partial charge is 0.261 e. The van der Waals surface area contributed by atoms with E-state index < -0.39 is 0 Å². The Labute approximate surface area is 224 Å². The predicted octanol–water partition coefficient (Wildman–Crippen LogP) is 4.77. The van der Waals surface area contributed by atoms with Crippen LogP contribution in [0.25, 0.3) is 33.3 Å². The molecule has 5 aromatic rings. The second-order valence-electron chi connectivity index (χ2n) is 10.6.